The predicted octanol–water partition coefficient (Wildman–Crippen LogP) is 6.93. The smallest absolute Gasteiger partial charge is 0.312 e. The van der Waals surface area contributed by atoms with E-state index in [0.717, 1.165) is 49.8 Å². The number of aryl methyl sites for hydroxylation is 1. The molecule has 33 heavy (non-hydrogen) atoms. The van der Waals surface area contributed by atoms with Crippen LogP contribution in [-0.4, -0.2) is 30.0 Å². The first-order valence-electron chi connectivity index (χ1n) is 12.0. The Bertz CT molecular complexity index is 1030. The summed E-state index contributed by atoms with van der Waals surface area (Å²) in [7, 11) is 2.18. The van der Waals surface area contributed by atoms with Crippen LogP contribution in [0.2, 0.25) is 5.31 Å². The zero-order valence-electron chi connectivity index (χ0n) is 21.1. The molecule has 0 aliphatic rings. The third-order valence-corrected chi connectivity index (χ3v) is 6.92. The van der Waals surface area contributed by atoms with Crippen molar-refractivity contribution >= 4 is 38.3 Å². The summed E-state index contributed by atoms with van der Waals surface area (Å²) < 4.78 is 9.09. The molecule has 1 aromatic carbocycles. The van der Waals surface area contributed by atoms with Crippen molar-refractivity contribution in [2.24, 2.45) is 11.3 Å². The molecule has 4 nitrogen and oxygen atoms in total. The number of nitrogens with one attached hydrogen (secondary N) is 1. The van der Waals surface area contributed by atoms with E-state index in [1.54, 1.807) is 0 Å². The van der Waals surface area contributed by atoms with Gasteiger partial charge in [0.05, 0.1) is 12.0 Å². The highest BCUT2D eigenvalue weighted by atomic mass is 32.1. The van der Waals surface area contributed by atoms with Gasteiger partial charge >= 0.3 is 5.97 Å². The number of benzene rings is 1. The Morgan fingerprint density at radius 1 is 1.09 bits per heavy atom. The zero-order chi connectivity index (χ0) is 24.6. The maximum Gasteiger partial charge on any atom is 0.312 e. The summed E-state index contributed by atoms with van der Waals surface area (Å²) in [6.07, 6.45) is 6.84. The topological polar surface area (TPSA) is 47.0 Å². The predicted molar refractivity (Wildman–Crippen MR) is 145 cm³/mol. The van der Waals surface area contributed by atoms with Gasteiger partial charge in [-0.25, -0.2) is 0 Å². The Morgan fingerprint density at radius 2 is 1.73 bits per heavy atom. The minimum absolute atomic E-state index is 0.0632. The van der Waals surface area contributed by atoms with Crippen molar-refractivity contribution in [1.82, 2.24) is 9.55 Å². The highest BCUT2D eigenvalue weighted by Crippen LogP contribution is 2.42. The number of carbonyl (C=O) groups excluding carboxylic acids is 1. The highest BCUT2D eigenvalue weighted by molar-refractivity contribution is 7.72. The second kappa shape index (κ2) is 12.1. The molecule has 1 heterocycles. The van der Waals surface area contributed by atoms with Crippen LogP contribution in [0.15, 0.2) is 36.5 Å². The van der Waals surface area contributed by atoms with E-state index in [1.165, 1.54) is 0 Å². The van der Waals surface area contributed by atoms with Crippen molar-refractivity contribution < 1.29 is 9.53 Å². The number of aromatic nitrogens is 2. The van der Waals surface area contributed by atoms with Crippen LogP contribution in [-0.2, 0) is 16.1 Å². The molecule has 0 spiro atoms. The number of hydrogen-bond donors (Lipinski definition) is 1. The van der Waals surface area contributed by atoms with E-state index < -0.39 is 5.41 Å². The van der Waals surface area contributed by atoms with Gasteiger partial charge in [-0.1, -0.05) is 82.0 Å². The number of rotatable bonds is 12. The second-order valence-corrected chi connectivity index (χ2v) is 11.5. The molecule has 0 saturated heterocycles. The maximum absolute atomic E-state index is 12.8. The van der Waals surface area contributed by atoms with Gasteiger partial charge in [-0.2, -0.15) is 0 Å². The molecular weight excluding hydrogens is 447 g/mol. The number of hydrogen-bond acceptors (Lipinski definition) is 4. The fourth-order valence-electron chi connectivity index (χ4n) is 4.18. The van der Waals surface area contributed by atoms with Crippen LogP contribution in [0, 0.1) is 20.7 Å². The van der Waals surface area contributed by atoms with Crippen LogP contribution >= 0.6 is 24.4 Å². The number of unbranched alkanes of at least 4 members (excludes halogenated alkanes) is 3. The van der Waals surface area contributed by atoms with E-state index in [1.807, 2.05) is 25.1 Å². The molecule has 1 aromatic heterocycles. The minimum atomic E-state index is -0.446. The zero-order valence-corrected chi connectivity index (χ0v) is 22.7. The van der Waals surface area contributed by atoms with Gasteiger partial charge in [0.15, 0.2) is 4.77 Å². The standard InChI is InChI=1S/C26H39BN2O2S2/c1-19(2)26(5,18-25(3,4)27)23(30)31-16-12-7-6-11-15-29-17-21(22(32)28-24(29)33)20-13-9-8-10-14-20/h8-10,13-14,17,19H,6-7,11-12,15-16,18,27H2,1-5H3,(H,28,32,33). The van der Waals surface area contributed by atoms with Crippen molar-refractivity contribution in [1.29, 1.82) is 0 Å². The summed E-state index contributed by atoms with van der Waals surface area (Å²) in [5.41, 5.74) is 1.64. The van der Waals surface area contributed by atoms with E-state index in [-0.39, 0.29) is 17.2 Å². The fourth-order valence-corrected chi connectivity index (χ4v) is 4.76. The quantitative estimate of drug-likeness (QED) is 0.153. The van der Waals surface area contributed by atoms with Crippen molar-refractivity contribution in [2.45, 2.75) is 78.6 Å². The number of nitrogens with zero attached hydrogens (tertiary/aromatic N) is 1. The van der Waals surface area contributed by atoms with Crippen LogP contribution in [0.4, 0.5) is 0 Å². The molecule has 0 amide bonds. The number of ether oxygens (including phenoxy) is 1. The average Bonchev–Trinajstić information content (AvgIpc) is 2.73. The molecule has 2 aromatic rings. The lowest BCUT2D eigenvalue weighted by atomic mass is 9.60. The van der Waals surface area contributed by atoms with Gasteiger partial charge in [0.25, 0.3) is 0 Å². The van der Waals surface area contributed by atoms with Gasteiger partial charge in [0.2, 0.25) is 0 Å². The molecule has 0 radical (unpaired) electrons. The van der Waals surface area contributed by atoms with Gasteiger partial charge in [0.1, 0.15) is 12.5 Å². The number of carbonyl (C=O) groups is 1. The highest BCUT2D eigenvalue weighted by Gasteiger charge is 2.41. The monoisotopic (exact) mass is 486 g/mol. The summed E-state index contributed by atoms with van der Waals surface area (Å²) in [6.45, 7) is 11.9. The molecule has 1 unspecified atom stereocenters. The molecule has 0 aliphatic heterocycles. The summed E-state index contributed by atoms with van der Waals surface area (Å²) in [5, 5.41) is 0.0838. The lowest BCUT2D eigenvalue weighted by Gasteiger charge is -2.37. The minimum Gasteiger partial charge on any atom is -0.465 e. The molecule has 0 fully saturated rings. The van der Waals surface area contributed by atoms with E-state index >= 15 is 0 Å². The summed E-state index contributed by atoms with van der Waals surface area (Å²) in [5.74, 6) is 0.180. The van der Waals surface area contributed by atoms with Crippen molar-refractivity contribution in [3.05, 3.63) is 45.9 Å². The third-order valence-electron chi connectivity index (χ3n) is 6.26. The average molecular weight is 487 g/mol. The molecule has 0 bridgehead atoms. The molecule has 2 rings (SSSR count). The first kappa shape index (κ1) is 27.5. The lowest BCUT2D eigenvalue weighted by molar-refractivity contribution is -0.159. The van der Waals surface area contributed by atoms with Crippen molar-refractivity contribution in [3.8, 4) is 11.1 Å². The Hall–Kier alpha value is -1.73. The molecule has 0 saturated carbocycles. The fraction of sp³-hybridized carbons (Fsp3) is 0.577. The first-order valence-corrected chi connectivity index (χ1v) is 12.8. The van der Waals surface area contributed by atoms with Gasteiger partial charge < -0.3 is 14.3 Å². The van der Waals surface area contributed by atoms with Crippen LogP contribution in [0.25, 0.3) is 11.1 Å². The van der Waals surface area contributed by atoms with E-state index in [4.69, 9.17) is 29.2 Å². The van der Waals surface area contributed by atoms with Gasteiger partial charge in [-0.3, -0.25) is 4.79 Å². The SMILES string of the molecule is BC(C)(C)CC(C)(C(=O)OCCCCCCn1cc(-c2ccccc2)c(=S)[nH]c1=S)C(C)C. The van der Waals surface area contributed by atoms with Crippen LogP contribution in [0.3, 0.4) is 0 Å². The van der Waals surface area contributed by atoms with Gasteiger partial charge in [-0.15, -0.1) is 0 Å². The van der Waals surface area contributed by atoms with Crippen LogP contribution in [0.1, 0.15) is 66.7 Å². The third kappa shape index (κ3) is 8.22. The van der Waals surface area contributed by atoms with Gasteiger partial charge in [0, 0.05) is 18.3 Å². The van der Waals surface area contributed by atoms with Gasteiger partial charge in [-0.05, 0) is 56.3 Å². The first-order chi connectivity index (χ1) is 15.4. The van der Waals surface area contributed by atoms with Crippen molar-refractivity contribution in [2.75, 3.05) is 6.61 Å². The summed E-state index contributed by atoms with van der Waals surface area (Å²) in [4.78, 5) is 16.0. The largest absolute Gasteiger partial charge is 0.465 e. The van der Waals surface area contributed by atoms with Crippen molar-refractivity contribution in [3.63, 3.8) is 0 Å². The van der Waals surface area contributed by atoms with E-state index in [0.29, 0.717) is 16.0 Å². The Balaban J connectivity index is 1.81. The second-order valence-electron chi connectivity index (χ2n) is 10.7. The number of esters is 1. The Labute approximate surface area is 210 Å². The molecular formula is C26H39BN2O2S2. The lowest BCUT2D eigenvalue weighted by Crippen LogP contribution is -2.37. The molecule has 1 N–H and O–H groups in total. The molecule has 1 atom stereocenters. The Morgan fingerprint density at radius 3 is 2.33 bits per heavy atom. The maximum atomic E-state index is 12.8. The van der Waals surface area contributed by atoms with Crippen LogP contribution < -0.4 is 0 Å². The summed E-state index contributed by atoms with van der Waals surface area (Å²) in [6, 6.07) is 10.1. The van der Waals surface area contributed by atoms with Crippen LogP contribution in [0.5, 0.6) is 0 Å². The van der Waals surface area contributed by atoms with E-state index in [2.05, 4.69) is 63.4 Å². The summed E-state index contributed by atoms with van der Waals surface area (Å²) >= 11 is 11.0. The normalized spacial score (nSPS) is 13.6. The molecule has 180 valence electrons. The molecule has 0 aliphatic carbocycles. The number of aromatic amines is 1. The molecule has 7 heteroatoms. The Kier molecular flexibility index (Phi) is 10.1. The van der Waals surface area contributed by atoms with E-state index in [9.17, 15) is 4.79 Å². The number of H-pyrrole nitrogens is 1.